The molecule has 1 saturated carbocycles. The predicted octanol–water partition coefficient (Wildman–Crippen LogP) is 4.71. The highest BCUT2D eigenvalue weighted by Gasteiger charge is 2.26. The van der Waals surface area contributed by atoms with E-state index in [1.165, 1.54) is 94.1 Å². The molecule has 146 valence electrons. The average molecular weight is 360 g/mol. The molecular formula is C23H39N2O+. The zero-order valence-electron chi connectivity index (χ0n) is 17.1. The molecule has 1 aromatic rings. The Morgan fingerprint density at radius 3 is 2.27 bits per heavy atom. The van der Waals surface area contributed by atoms with Crippen LogP contribution in [0.15, 0.2) is 24.3 Å². The third-order valence-electron chi connectivity index (χ3n) is 6.66. The van der Waals surface area contributed by atoms with Crippen molar-refractivity contribution in [2.24, 2.45) is 5.92 Å². The van der Waals surface area contributed by atoms with E-state index in [-0.39, 0.29) is 0 Å². The zero-order chi connectivity index (χ0) is 18.2. The van der Waals surface area contributed by atoms with Crippen LogP contribution in [0, 0.1) is 5.92 Å². The number of ether oxygens (including phenoxy) is 1. The summed E-state index contributed by atoms with van der Waals surface area (Å²) in [5.74, 6) is 1.87. The van der Waals surface area contributed by atoms with E-state index >= 15 is 0 Å². The lowest BCUT2D eigenvalue weighted by atomic mass is 9.89. The van der Waals surface area contributed by atoms with Gasteiger partial charge in [-0.1, -0.05) is 31.4 Å². The van der Waals surface area contributed by atoms with Gasteiger partial charge in [-0.25, -0.2) is 0 Å². The summed E-state index contributed by atoms with van der Waals surface area (Å²) in [6.45, 7) is 7.66. The van der Waals surface area contributed by atoms with Crippen LogP contribution in [0.5, 0.6) is 5.75 Å². The Labute approximate surface area is 160 Å². The number of likely N-dealkylation sites (tertiary alicyclic amines) is 1. The lowest BCUT2D eigenvalue weighted by Gasteiger charge is -2.40. The number of hydrogen-bond acceptors (Lipinski definition) is 2. The first-order valence-corrected chi connectivity index (χ1v) is 10.9. The molecule has 1 aliphatic heterocycles. The molecule has 2 aliphatic rings. The van der Waals surface area contributed by atoms with E-state index in [9.17, 15) is 0 Å². The predicted molar refractivity (Wildman–Crippen MR) is 109 cm³/mol. The Balaban J connectivity index is 1.59. The van der Waals surface area contributed by atoms with Crippen LogP contribution in [-0.2, 0) is 6.54 Å². The summed E-state index contributed by atoms with van der Waals surface area (Å²) in [6.07, 6.45) is 11.5. The Hall–Kier alpha value is -1.06. The summed E-state index contributed by atoms with van der Waals surface area (Å²) in [6, 6.07) is 8.69. The molecule has 1 heterocycles. The monoisotopic (exact) mass is 359 g/mol. The van der Waals surface area contributed by atoms with Gasteiger partial charge in [-0.05, 0) is 55.7 Å². The molecule has 1 aromatic carbocycles. The quantitative estimate of drug-likeness (QED) is 0.623. The minimum absolute atomic E-state index is 0.911. The summed E-state index contributed by atoms with van der Waals surface area (Å²) in [5.41, 5.74) is 1.42. The largest absolute Gasteiger partial charge is 0.497 e. The van der Waals surface area contributed by atoms with Gasteiger partial charge in [-0.15, -0.1) is 0 Å². The van der Waals surface area contributed by atoms with Gasteiger partial charge in [0.15, 0.2) is 0 Å². The third-order valence-corrected chi connectivity index (χ3v) is 6.66. The summed E-state index contributed by atoms with van der Waals surface area (Å²) >= 11 is 0. The van der Waals surface area contributed by atoms with Crippen molar-refractivity contribution < 1.29 is 9.22 Å². The van der Waals surface area contributed by atoms with Gasteiger partial charge in [0.2, 0.25) is 0 Å². The topological polar surface area (TPSA) is 12.5 Å². The van der Waals surface area contributed by atoms with Crippen LogP contribution in [0.3, 0.4) is 0 Å². The van der Waals surface area contributed by atoms with Crippen molar-refractivity contribution in [3.8, 4) is 5.75 Å². The fourth-order valence-corrected chi connectivity index (χ4v) is 4.84. The molecule has 1 aliphatic carbocycles. The van der Waals surface area contributed by atoms with Crippen molar-refractivity contribution in [3.63, 3.8) is 0 Å². The van der Waals surface area contributed by atoms with E-state index in [1.807, 2.05) is 0 Å². The number of likely N-dealkylation sites (N-methyl/N-ethyl adjacent to an activating group) is 1. The van der Waals surface area contributed by atoms with Gasteiger partial charge in [-0.2, -0.15) is 0 Å². The lowest BCUT2D eigenvalue weighted by Crippen LogP contribution is -2.51. The SMILES string of the molecule is COc1ccc(CN(CC[N+]2(C)CCCCC2)CC2CCCCC2)cc1. The van der Waals surface area contributed by atoms with Crippen molar-refractivity contribution in [2.45, 2.75) is 57.9 Å². The molecule has 26 heavy (non-hydrogen) atoms. The minimum atomic E-state index is 0.911. The first-order valence-electron chi connectivity index (χ1n) is 10.9. The lowest BCUT2D eigenvalue weighted by molar-refractivity contribution is -0.913. The fraction of sp³-hybridized carbons (Fsp3) is 0.739. The fourth-order valence-electron chi connectivity index (χ4n) is 4.84. The van der Waals surface area contributed by atoms with E-state index in [1.54, 1.807) is 7.11 Å². The molecule has 0 atom stereocenters. The molecule has 2 fully saturated rings. The molecule has 0 amide bonds. The second-order valence-corrected chi connectivity index (χ2v) is 8.94. The van der Waals surface area contributed by atoms with E-state index in [0.29, 0.717) is 0 Å². The maximum Gasteiger partial charge on any atom is 0.118 e. The highest BCUT2D eigenvalue weighted by atomic mass is 16.5. The van der Waals surface area contributed by atoms with Gasteiger partial charge in [0.05, 0.1) is 33.8 Å². The van der Waals surface area contributed by atoms with E-state index < -0.39 is 0 Å². The first-order chi connectivity index (χ1) is 12.7. The normalized spacial score (nSPS) is 21.0. The molecule has 0 spiro atoms. The van der Waals surface area contributed by atoms with Crippen molar-refractivity contribution in [1.82, 2.24) is 4.90 Å². The maximum absolute atomic E-state index is 5.32. The molecule has 0 unspecified atom stereocenters. The average Bonchev–Trinajstić information content (AvgIpc) is 2.68. The summed E-state index contributed by atoms with van der Waals surface area (Å²) in [4.78, 5) is 2.75. The summed E-state index contributed by atoms with van der Waals surface area (Å²) in [5, 5.41) is 0. The number of hydrogen-bond donors (Lipinski definition) is 0. The van der Waals surface area contributed by atoms with Gasteiger partial charge in [0.1, 0.15) is 5.75 Å². The maximum atomic E-state index is 5.32. The van der Waals surface area contributed by atoms with Crippen LogP contribution in [0.4, 0.5) is 0 Å². The molecule has 0 N–H and O–H groups in total. The Kier molecular flexibility index (Phi) is 7.39. The van der Waals surface area contributed by atoms with E-state index in [2.05, 4.69) is 36.2 Å². The van der Waals surface area contributed by atoms with E-state index in [4.69, 9.17) is 4.74 Å². The second kappa shape index (κ2) is 9.75. The molecule has 0 aromatic heterocycles. The van der Waals surface area contributed by atoms with Gasteiger partial charge in [0.25, 0.3) is 0 Å². The molecule has 3 rings (SSSR count). The Morgan fingerprint density at radius 2 is 1.62 bits per heavy atom. The van der Waals surface area contributed by atoms with Crippen LogP contribution in [0.25, 0.3) is 0 Å². The number of methoxy groups -OCH3 is 1. The molecule has 1 saturated heterocycles. The highest BCUT2D eigenvalue weighted by Crippen LogP contribution is 2.25. The minimum Gasteiger partial charge on any atom is -0.497 e. The van der Waals surface area contributed by atoms with E-state index in [0.717, 1.165) is 18.2 Å². The van der Waals surface area contributed by atoms with Crippen molar-refractivity contribution >= 4 is 0 Å². The van der Waals surface area contributed by atoms with Gasteiger partial charge >= 0.3 is 0 Å². The van der Waals surface area contributed by atoms with Crippen LogP contribution in [-0.4, -0.2) is 56.3 Å². The molecule has 3 nitrogen and oxygen atoms in total. The molecular weight excluding hydrogens is 320 g/mol. The number of nitrogens with zero attached hydrogens (tertiary/aromatic N) is 2. The van der Waals surface area contributed by atoms with Gasteiger partial charge in [-0.3, -0.25) is 4.90 Å². The Morgan fingerprint density at radius 1 is 0.962 bits per heavy atom. The Bertz CT molecular complexity index is 516. The van der Waals surface area contributed by atoms with Gasteiger partial charge in [0, 0.05) is 19.6 Å². The zero-order valence-corrected chi connectivity index (χ0v) is 17.1. The van der Waals surface area contributed by atoms with Crippen LogP contribution < -0.4 is 4.74 Å². The van der Waals surface area contributed by atoms with Crippen molar-refractivity contribution in [2.75, 3.05) is 46.9 Å². The van der Waals surface area contributed by atoms with Gasteiger partial charge < -0.3 is 9.22 Å². The number of benzene rings is 1. The smallest absolute Gasteiger partial charge is 0.118 e. The number of rotatable bonds is 8. The van der Waals surface area contributed by atoms with Crippen molar-refractivity contribution in [1.29, 1.82) is 0 Å². The van der Waals surface area contributed by atoms with Crippen LogP contribution in [0.1, 0.15) is 56.9 Å². The third kappa shape index (κ3) is 5.99. The second-order valence-electron chi connectivity index (χ2n) is 8.94. The summed E-state index contributed by atoms with van der Waals surface area (Å²) in [7, 11) is 4.22. The van der Waals surface area contributed by atoms with Crippen LogP contribution in [0.2, 0.25) is 0 Å². The summed E-state index contributed by atoms with van der Waals surface area (Å²) < 4.78 is 6.60. The molecule has 3 heteroatoms. The first kappa shape index (κ1) is 19.7. The number of piperidine rings is 1. The highest BCUT2D eigenvalue weighted by molar-refractivity contribution is 5.27. The molecule has 0 bridgehead atoms. The van der Waals surface area contributed by atoms with Crippen LogP contribution >= 0.6 is 0 Å². The standard InChI is InChI=1S/C23H39N2O/c1-25(16-7-4-8-17-25)18-15-24(19-21-9-5-3-6-10-21)20-22-11-13-23(26-2)14-12-22/h11-14,21H,3-10,15-20H2,1-2H3/q+1. The molecule has 0 radical (unpaired) electrons. The van der Waals surface area contributed by atoms with Crippen molar-refractivity contribution in [3.05, 3.63) is 29.8 Å². The number of quaternary nitrogens is 1.